The summed E-state index contributed by atoms with van der Waals surface area (Å²) in [6.07, 6.45) is 0. The average molecular weight is 202 g/mol. The van der Waals surface area contributed by atoms with Crippen molar-refractivity contribution in [2.45, 2.75) is 20.8 Å². The summed E-state index contributed by atoms with van der Waals surface area (Å²) >= 11 is 0. The maximum Gasteiger partial charge on any atom is 0.310 e. The number of carboxylic acids is 1. The first kappa shape index (κ1) is 12.9. The van der Waals surface area contributed by atoms with E-state index < -0.39 is 11.4 Å². The lowest BCUT2D eigenvalue weighted by Gasteiger charge is -2.19. The Balaban J connectivity index is 3.74. The molecule has 0 saturated heterocycles. The zero-order valence-corrected chi connectivity index (χ0v) is 8.89. The Kier molecular flexibility index (Phi) is 5.15. The van der Waals surface area contributed by atoms with Crippen LogP contribution in [0, 0.1) is 5.41 Å². The molecule has 5 nitrogen and oxygen atoms in total. The molecule has 0 radical (unpaired) electrons. The number of rotatable bonds is 6. The highest BCUT2D eigenvalue weighted by Crippen LogP contribution is 2.12. The van der Waals surface area contributed by atoms with E-state index in [1.807, 2.05) is 6.92 Å². The molecule has 0 bridgehead atoms. The van der Waals surface area contributed by atoms with E-state index in [4.69, 9.17) is 5.11 Å². The maximum absolute atomic E-state index is 11.0. The summed E-state index contributed by atoms with van der Waals surface area (Å²) in [5.41, 5.74) is -0.841. The van der Waals surface area contributed by atoms with Crippen LogP contribution in [-0.2, 0) is 9.59 Å². The van der Waals surface area contributed by atoms with Gasteiger partial charge in [0.15, 0.2) is 0 Å². The maximum atomic E-state index is 11.0. The number of carbonyl (C=O) groups excluding carboxylic acids is 1. The molecule has 0 aliphatic rings. The van der Waals surface area contributed by atoms with Crippen molar-refractivity contribution in [3.8, 4) is 0 Å². The Bertz CT molecular complexity index is 214. The SMILES string of the molecule is CCNC(=O)CNCC(C)(C)C(=O)O. The highest BCUT2D eigenvalue weighted by atomic mass is 16.4. The van der Waals surface area contributed by atoms with Gasteiger partial charge in [-0.1, -0.05) is 0 Å². The summed E-state index contributed by atoms with van der Waals surface area (Å²) in [5, 5.41) is 14.2. The molecule has 82 valence electrons. The summed E-state index contributed by atoms with van der Waals surface area (Å²) in [4.78, 5) is 21.7. The van der Waals surface area contributed by atoms with E-state index in [0.717, 1.165) is 0 Å². The van der Waals surface area contributed by atoms with Crippen LogP contribution >= 0.6 is 0 Å². The van der Waals surface area contributed by atoms with E-state index in [1.54, 1.807) is 13.8 Å². The van der Waals surface area contributed by atoms with Crippen LogP contribution in [0.1, 0.15) is 20.8 Å². The fraction of sp³-hybridized carbons (Fsp3) is 0.778. The summed E-state index contributed by atoms with van der Waals surface area (Å²) < 4.78 is 0. The van der Waals surface area contributed by atoms with E-state index in [0.29, 0.717) is 6.54 Å². The Labute approximate surface area is 83.9 Å². The molecule has 0 atom stereocenters. The van der Waals surface area contributed by atoms with Gasteiger partial charge in [0.2, 0.25) is 5.91 Å². The van der Waals surface area contributed by atoms with Crippen LogP contribution in [0.3, 0.4) is 0 Å². The number of aliphatic carboxylic acids is 1. The van der Waals surface area contributed by atoms with Crippen molar-refractivity contribution < 1.29 is 14.7 Å². The topological polar surface area (TPSA) is 78.4 Å². The molecule has 0 saturated carbocycles. The van der Waals surface area contributed by atoms with Crippen LogP contribution in [0.15, 0.2) is 0 Å². The number of hydrogen-bond acceptors (Lipinski definition) is 3. The Hall–Kier alpha value is -1.10. The lowest BCUT2D eigenvalue weighted by molar-refractivity contribution is -0.146. The zero-order chi connectivity index (χ0) is 11.2. The van der Waals surface area contributed by atoms with Crippen molar-refractivity contribution in [3.63, 3.8) is 0 Å². The Morgan fingerprint density at radius 2 is 1.93 bits per heavy atom. The van der Waals surface area contributed by atoms with Gasteiger partial charge in [-0.15, -0.1) is 0 Å². The minimum Gasteiger partial charge on any atom is -0.481 e. The highest BCUT2D eigenvalue weighted by Gasteiger charge is 2.26. The van der Waals surface area contributed by atoms with Crippen molar-refractivity contribution >= 4 is 11.9 Å². The van der Waals surface area contributed by atoms with E-state index in [2.05, 4.69) is 10.6 Å². The quantitative estimate of drug-likeness (QED) is 0.558. The molecule has 0 fully saturated rings. The highest BCUT2D eigenvalue weighted by molar-refractivity contribution is 5.78. The monoisotopic (exact) mass is 202 g/mol. The van der Waals surface area contributed by atoms with Crippen molar-refractivity contribution in [2.24, 2.45) is 5.41 Å². The van der Waals surface area contributed by atoms with Crippen molar-refractivity contribution in [1.29, 1.82) is 0 Å². The standard InChI is InChI=1S/C9H18N2O3/c1-4-11-7(12)5-10-6-9(2,3)8(13)14/h10H,4-6H2,1-3H3,(H,11,12)(H,13,14). The van der Waals surface area contributed by atoms with E-state index in [-0.39, 0.29) is 19.0 Å². The van der Waals surface area contributed by atoms with Gasteiger partial charge in [-0.3, -0.25) is 9.59 Å². The summed E-state index contributed by atoms with van der Waals surface area (Å²) in [6, 6.07) is 0. The molecule has 0 aliphatic heterocycles. The van der Waals surface area contributed by atoms with Gasteiger partial charge in [0.1, 0.15) is 0 Å². The molecule has 0 spiro atoms. The molecule has 14 heavy (non-hydrogen) atoms. The molecule has 0 aliphatic carbocycles. The molecule has 0 unspecified atom stereocenters. The molecule has 0 aromatic carbocycles. The number of nitrogens with one attached hydrogen (secondary N) is 2. The predicted octanol–water partition coefficient (Wildman–Crippen LogP) is -0.177. The first-order valence-electron chi connectivity index (χ1n) is 4.61. The minimum absolute atomic E-state index is 0.117. The van der Waals surface area contributed by atoms with Crippen LogP contribution in [-0.4, -0.2) is 36.6 Å². The number of amides is 1. The van der Waals surface area contributed by atoms with Crippen LogP contribution in [0.5, 0.6) is 0 Å². The molecule has 1 amide bonds. The molecule has 5 heteroatoms. The fourth-order valence-electron chi connectivity index (χ4n) is 0.824. The largest absolute Gasteiger partial charge is 0.481 e. The van der Waals surface area contributed by atoms with E-state index in [9.17, 15) is 9.59 Å². The summed E-state index contributed by atoms with van der Waals surface area (Å²) in [6.45, 7) is 6.08. The fourth-order valence-corrected chi connectivity index (χ4v) is 0.824. The normalized spacial score (nSPS) is 11.1. The molecule has 0 aromatic heterocycles. The third kappa shape index (κ3) is 4.81. The second-order valence-corrected chi connectivity index (χ2v) is 3.75. The minimum atomic E-state index is -0.874. The first-order chi connectivity index (χ1) is 6.40. The molecule has 3 N–H and O–H groups in total. The zero-order valence-electron chi connectivity index (χ0n) is 8.89. The van der Waals surface area contributed by atoms with E-state index in [1.165, 1.54) is 0 Å². The second kappa shape index (κ2) is 5.59. The lowest BCUT2D eigenvalue weighted by Crippen LogP contribution is -2.41. The number of carbonyl (C=O) groups is 2. The van der Waals surface area contributed by atoms with Crippen molar-refractivity contribution in [3.05, 3.63) is 0 Å². The van der Waals surface area contributed by atoms with Crippen molar-refractivity contribution in [1.82, 2.24) is 10.6 Å². The van der Waals surface area contributed by atoms with Gasteiger partial charge in [-0.2, -0.15) is 0 Å². The smallest absolute Gasteiger partial charge is 0.310 e. The van der Waals surface area contributed by atoms with Gasteiger partial charge < -0.3 is 15.7 Å². The first-order valence-corrected chi connectivity index (χ1v) is 4.61. The lowest BCUT2D eigenvalue weighted by atomic mass is 9.94. The van der Waals surface area contributed by atoms with Crippen LogP contribution in [0.25, 0.3) is 0 Å². The molecule has 0 heterocycles. The molecular formula is C9H18N2O3. The van der Waals surface area contributed by atoms with Gasteiger partial charge in [0.05, 0.1) is 12.0 Å². The predicted molar refractivity (Wildman–Crippen MR) is 53.0 cm³/mol. The van der Waals surface area contributed by atoms with Crippen LogP contribution in [0.4, 0.5) is 0 Å². The van der Waals surface area contributed by atoms with Crippen LogP contribution in [0.2, 0.25) is 0 Å². The van der Waals surface area contributed by atoms with E-state index >= 15 is 0 Å². The van der Waals surface area contributed by atoms with Gasteiger partial charge >= 0.3 is 5.97 Å². The Morgan fingerprint density at radius 3 is 2.36 bits per heavy atom. The van der Waals surface area contributed by atoms with Crippen molar-refractivity contribution in [2.75, 3.05) is 19.6 Å². The number of carboxylic acid groups (broad SMARTS) is 1. The molecule has 0 aromatic rings. The average Bonchev–Trinajstić information content (AvgIpc) is 2.04. The summed E-state index contributed by atoms with van der Waals surface area (Å²) in [5.74, 6) is -0.991. The van der Waals surface area contributed by atoms with Gasteiger partial charge in [0.25, 0.3) is 0 Å². The number of likely N-dealkylation sites (N-methyl/N-ethyl adjacent to an activating group) is 1. The molecular weight excluding hydrogens is 184 g/mol. The van der Waals surface area contributed by atoms with Gasteiger partial charge in [0, 0.05) is 13.1 Å². The van der Waals surface area contributed by atoms with Gasteiger partial charge in [-0.05, 0) is 20.8 Å². The third-order valence-electron chi connectivity index (χ3n) is 1.81. The van der Waals surface area contributed by atoms with Gasteiger partial charge in [-0.25, -0.2) is 0 Å². The van der Waals surface area contributed by atoms with Crippen LogP contribution < -0.4 is 10.6 Å². The second-order valence-electron chi connectivity index (χ2n) is 3.75. The Morgan fingerprint density at radius 1 is 1.36 bits per heavy atom. The number of hydrogen-bond donors (Lipinski definition) is 3. The third-order valence-corrected chi connectivity index (χ3v) is 1.81. The summed E-state index contributed by atoms with van der Waals surface area (Å²) in [7, 11) is 0. The molecule has 0 rings (SSSR count).